The van der Waals surface area contributed by atoms with Crippen molar-refractivity contribution in [3.8, 4) is 17.1 Å². The summed E-state index contributed by atoms with van der Waals surface area (Å²) >= 11 is 12.3. The lowest BCUT2D eigenvalue weighted by Gasteiger charge is -2.37. The summed E-state index contributed by atoms with van der Waals surface area (Å²) in [6.45, 7) is 1.59. The Kier molecular flexibility index (Phi) is 8.25. The molecule has 1 saturated heterocycles. The van der Waals surface area contributed by atoms with Crippen LogP contribution >= 0.6 is 23.2 Å². The van der Waals surface area contributed by atoms with Crippen molar-refractivity contribution < 1.29 is 27.8 Å². The van der Waals surface area contributed by atoms with Gasteiger partial charge in [-0.2, -0.15) is 13.2 Å². The zero-order valence-corrected chi connectivity index (χ0v) is 23.6. The van der Waals surface area contributed by atoms with E-state index in [1.54, 1.807) is 0 Å². The van der Waals surface area contributed by atoms with Gasteiger partial charge in [-0.3, -0.25) is 14.3 Å². The summed E-state index contributed by atoms with van der Waals surface area (Å²) in [4.78, 5) is 35.0. The maximum absolute atomic E-state index is 13.3. The minimum Gasteiger partial charge on any atom is -0.382 e. The van der Waals surface area contributed by atoms with Crippen LogP contribution in [0.4, 0.5) is 13.2 Å². The molecule has 0 saturated carbocycles. The standard InChI is InChI=1S/C26H24Cl2F3N7O4/c1-25(13-42-14-25)8-6-19(39)23-33-21(34-38(23)18-10-32-9-7-17(18)28)12-37-24(41)36(11-20(40)26(29,30)31)22(35-37)15-2-4-16(27)5-3-15/h2-5,7,9-10,20,40H,6,8,11-14H2,1H3/t20-/m0/s1. The number of Topliss-reactive ketones (excluding diaryl/α,β-unsaturated/α-hetero) is 1. The van der Waals surface area contributed by atoms with Crippen molar-refractivity contribution in [2.45, 2.75) is 45.1 Å². The molecule has 11 nitrogen and oxygen atoms in total. The summed E-state index contributed by atoms with van der Waals surface area (Å²) in [6, 6.07) is 7.44. The van der Waals surface area contributed by atoms with Gasteiger partial charge in [-0.05, 0) is 36.8 Å². The first-order valence-corrected chi connectivity index (χ1v) is 13.5. The molecule has 42 heavy (non-hydrogen) atoms. The van der Waals surface area contributed by atoms with Crippen LogP contribution in [0.15, 0.2) is 47.5 Å². The maximum atomic E-state index is 13.3. The Balaban J connectivity index is 1.52. The molecule has 5 rings (SSSR count). The number of carbonyl (C=O) groups excluding carboxylic acids is 1. The van der Waals surface area contributed by atoms with E-state index >= 15 is 0 Å². The number of pyridine rings is 1. The number of alkyl halides is 3. The Hall–Kier alpha value is -3.59. The van der Waals surface area contributed by atoms with Crippen LogP contribution in [0.25, 0.3) is 17.1 Å². The molecular formula is C26H24Cl2F3N7O4. The van der Waals surface area contributed by atoms with Gasteiger partial charge in [0.25, 0.3) is 0 Å². The summed E-state index contributed by atoms with van der Waals surface area (Å²) < 4.78 is 47.7. The number of aliphatic hydroxyl groups is 1. The van der Waals surface area contributed by atoms with Crippen molar-refractivity contribution >= 4 is 29.0 Å². The third-order valence-corrected chi connectivity index (χ3v) is 7.36. The first-order chi connectivity index (χ1) is 19.8. The van der Waals surface area contributed by atoms with E-state index < -0.39 is 31.1 Å². The summed E-state index contributed by atoms with van der Waals surface area (Å²) in [7, 11) is 0. The number of ether oxygens (including phenoxy) is 1. The molecule has 0 amide bonds. The zero-order chi connectivity index (χ0) is 30.2. The first-order valence-electron chi connectivity index (χ1n) is 12.7. The second kappa shape index (κ2) is 11.6. The Labute approximate surface area is 246 Å². The van der Waals surface area contributed by atoms with E-state index in [0.29, 0.717) is 29.2 Å². The number of hydrogen-bond acceptors (Lipinski definition) is 8. The average molecular weight is 626 g/mol. The van der Waals surface area contributed by atoms with Crippen LogP contribution in [-0.4, -0.2) is 70.5 Å². The van der Waals surface area contributed by atoms with Crippen molar-refractivity contribution in [2.75, 3.05) is 13.2 Å². The SMILES string of the molecule is CC1(CCC(=O)c2nc(Cn3nc(-c4ccc(Cl)cc4)n(C[C@H](O)C(F)(F)F)c3=O)nn2-c2cnccc2Cl)COC1. The smallest absolute Gasteiger partial charge is 0.382 e. The number of aromatic nitrogens is 7. The molecular weight excluding hydrogens is 602 g/mol. The first kappa shape index (κ1) is 29.9. The molecule has 0 bridgehead atoms. The van der Waals surface area contributed by atoms with Gasteiger partial charge in [0.05, 0.1) is 31.0 Å². The molecule has 1 fully saturated rings. The molecule has 0 unspecified atom stereocenters. The monoisotopic (exact) mass is 625 g/mol. The molecule has 1 aliphatic rings. The van der Waals surface area contributed by atoms with Gasteiger partial charge in [-0.15, -0.1) is 10.2 Å². The fraction of sp³-hybridized carbons (Fsp3) is 0.385. The van der Waals surface area contributed by atoms with Gasteiger partial charge in [-0.1, -0.05) is 30.1 Å². The Bertz CT molecular complexity index is 1660. The highest BCUT2D eigenvalue weighted by Crippen LogP contribution is 2.32. The molecule has 222 valence electrons. The number of carbonyl (C=O) groups is 1. The van der Waals surface area contributed by atoms with Gasteiger partial charge in [0.1, 0.15) is 12.2 Å². The van der Waals surface area contributed by atoms with Gasteiger partial charge >= 0.3 is 11.9 Å². The summed E-state index contributed by atoms with van der Waals surface area (Å²) in [5, 5.41) is 18.9. The van der Waals surface area contributed by atoms with E-state index in [0.717, 1.165) is 4.68 Å². The fourth-order valence-electron chi connectivity index (χ4n) is 4.35. The second-order valence-corrected chi connectivity index (χ2v) is 11.1. The van der Waals surface area contributed by atoms with E-state index in [4.69, 9.17) is 27.9 Å². The van der Waals surface area contributed by atoms with Gasteiger partial charge in [-0.25, -0.2) is 19.1 Å². The molecule has 0 aliphatic carbocycles. The molecule has 0 spiro atoms. The predicted molar refractivity (Wildman–Crippen MR) is 145 cm³/mol. The average Bonchev–Trinajstić information content (AvgIpc) is 3.48. The fourth-order valence-corrected chi connectivity index (χ4v) is 4.66. The van der Waals surface area contributed by atoms with Crippen LogP contribution in [0.5, 0.6) is 0 Å². The Morgan fingerprint density at radius 2 is 1.88 bits per heavy atom. The summed E-state index contributed by atoms with van der Waals surface area (Å²) in [5.41, 5.74) is -0.527. The third-order valence-electron chi connectivity index (χ3n) is 6.78. The molecule has 1 aliphatic heterocycles. The normalized spacial score (nSPS) is 15.4. The third kappa shape index (κ3) is 6.26. The van der Waals surface area contributed by atoms with E-state index in [9.17, 15) is 27.9 Å². The quantitative estimate of drug-likeness (QED) is 0.262. The Morgan fingerprint density at radius 1 is 1.17 bits per heavy atom. The van der Waals surface area contributed by atoms with Crippen LogP contribution in [0, 0.1) is 5.41 Å². The van der Waals surface area contributed by atoms with Gasteiger partial charge < -0.3 is 9.84 Å². The molecule has 3 aromatic heterocycles. The molecule has 1 N–H and O–H groups in total. The predicted octanol–water partition coefficient (Wildman–Crippen LogP) is 3.97. The molecule has 16 heteroatoms. The number of rotatable bonds is 10. The van der Waals surface area contributed by atoms with Crippen LogP contribution in [0.2, 0.25) is 10.0 Å². The van der Waals surface area contributed by atoms with Crippen molar-refractivity contribution in [1.82, 2.24) is 34.1 Å². The number of aliphatic hydroxyl groups excluding tert-OH is 1. The van der Waals surface area contributed by atoms with Crippen LogP contribution in [0.1, 0.15) is 36.2 Å². The minimum atomic E-state index is -4.97. The zero-order valence-electron chi connectivity index (χ0n) is 22.1. The lowest BCUT2D eigenvalue weighted by molar-refractivity contribution is -0.207. The largest absolute Gasteiger partial charge is 0.416 e. The molecule has 1 aromatic carbocycles. The molecule has 4 heterocycles. The summed E-state index contributed by atoms with van der Waals surface area (Å²) in [6.07, 6.45) is -4.25. The number of ketones is 1. The molecule has 1 atom stereocenters. The summed E-state index contributed by atoms with van der Waals surface area (Å²) in [5.74, 6) is -0.555. The lowest BCUT2D eigenvalue weighted by Crippen LogP contribution is -2.40. The topological polar surface area (TPSA) is 130 Å². The van der Waals surface area contributed by atoms with Crippen LogP contribution in [-0.2, 0) is 17.8 Å². The highest BCUT2D eigenvalue weighted by Gasteiger charge is 2.39. The van der Waals surface area contributed by atoms with Crippen LogP contribution < -0.4 is 5.69 Å². The highest BCUT2D eigenvalue weighted by atomic mass is 35.5. The molecule has 4 aromatic rings. The maximum Gasteiger partial charge on any atom is 0.416 e. The van der Waals surface area contributed by atoms with Crippen molar-refractivity contribution in [3.63, 3.8) is 0 Å². The second-order valence-electron chi connectivity index (χ2n) is 10.3. The lowest BCUT2D eigenvalue weighted by atomic mass is 9.83. The Morgan fingerprint density at radius 3 is 2.50 bits per heavy atom. The van der Waals surface area contributed by atoms with E-state index in [1.165, 1.54) is 47.4 Å². The molecule has 0 radical (unpaired) electrons. The van der Waals surface area contributed by atoms with Gasteiger partial charge in [0, 0.05) is 28.6 Å². The number of nitrogens with zero attached hydrogens (tertiary/aromatic N) is 7. The minimum absolute atomic E-state index is 0.0257. The number of halogens is 5. The van der Waals surface area contributed by atoms with Crippen LogP contribution in [0.3, 0.4) is 0 Å². The highest BCUT2D eigenvalue weighted by molar-refractivity contribution is 6.32. The van der Waals surface area contributed by atoms with Gasteiger partial charge in [0.2, 0.25) is 0 Å². The van der Waals surface area contributed by atoms with E-state index in [2.05, 4.69) is 20.2 Å². The number of benzene rings is 1. The van der Waals surface area contributed by atoms with Crippen molar-refractivity contribution in [2.24, 2.45) is 5.41 Å². The van der Waals surface area contributed by atoms with E-state index in [-0.39, 0.29) is 51.4 Å². The van der Waals surface area contributed by atoms with Crippen molar-refractivity contribution in [1.29, 1.82) is 0 Å². The number of hydrogen-bond donors (Lipinski definition) is 1. The van der Waals surface area contributed by atoms with Gasteiger partial charge in [0.15, 0.2) is 29.4 Å². The van der Waals surface area contributed by atoms with Crippen molar-refractivity contribution in [3.05, 3.63) is 74.9 Å². The van der Waals surface area contributed by atoms with E-state index in [1.807, 2.05) is 6.92 Å².